The molecule has 0 unspecified atom stereocenters. The van der Waals surface area contributed by atoms with E-state index in [2.05, 4.69) is 10.6 Å². The highest BCUT2D eigenvalue weighted by atomic mass is 16.5. The molecule has 0 aromatic heterocycles. The quantitative estimate of drug-likeness (QED) is 0.776. The number of urea groups is 1. The lowest BCUT2D eigenvalue weighted by molar-refractivity contribution is -0.119. The summed E-state index contributed by atoms with van der Waals surface area (Å²) in [6, 6.07) is 10.8. The summed E-state index contributed by atoms with van der Waals surface area (Å²) < 4.78 is 10.5. The molecule has 1 saturated heterocycles. The summed E-state index contributed by atoms with van der Waals surface area (Å²) in [5.41, 5.74) is 3.40. The molecule has 29 heavy (non-hydrogen) atoms. The van der Waals surface area contributed by atoms with Crippen LogP contribution in [0.25, 0.3) is 0 Å². The minimum absolute atomic E-state index is 0.134. The number of hydrogen-bond acceptors (Lipinski definition) is 4. The van der Waals surface area contributed by atoms with Gasteiger partial charge in [-0.25, -0.2) is 4.79 Å². The lowest BCUT2D eigenvalue weighted by Gasteiger charge is -2.28. The molecule has 2 aromatic rings. The third-order valence-electron chi connectivity index (χ3n) is 4.98. The summed E-state index contributed by atoms with van der Waals surface area (Å²) in [6.07, 6.45) is 2.50. The Balaban J connectivity index is 1.63. The van der Waals surface area contributed by atoms with Gasteiger partial charge < -0.3 is 25.0 Å². The van der Waals surface area contributed by atoms with Crippen LogP contribution in [-0.2, 0) is 11.3 Å². The van der Waals surface area contributed by atoms with Crippen LogP contribution in [0.15, 0.2) is 36.4 Å². The summed E-state index contributed by atoms with van der Waals surface area (Å²) in [7, 11) is 3.15. The summed E-state index contributed by atoms with van der Waals surface area (Å²) in [5, 5.41) is 5.67. The Kier molecular flexibility index (Phi) is 6.59. The molecule has 1 aliphatic rings. The number of methoxy groups -OCH3 is 2. The normalized spacial score (nSPS) is 13.8. The number of carbonyl (C=O) groups is 2. The molecule has 0 spiro atoms. The van der Waals surface area contributed by atoms with Crippen molar-refractivity contribution in [3.8, 4) is 11.5 Å². The topological polar surface area (TPSA) is 79.9 Å². The first-order valence-corrected chi connectivity index (χ1v) is 9.68. The zero-order valence-electron chi connectivity index (χ0n) is 17.1. The van der Waals surface area contributed by atoms with Crippen LogP contribution in [-0.4, -0.2) is 32.7 Å². The molecule has 0 saturated carbocycles. The van der Waals surface area contributed by atoms with Crippen LogP contribution in [0.4, 0.5) is 16.2 Å². The minimum atomic E-state index is -0.320. The van der Waals surface area contributed by atoms with Crippen molar-refractivity contribution in [2.45, 2.75) is 32.7 Å². The standard InChI is InChI=1S/C22H27N3O4/c1-15-7-9-17(13-18(15)25-11-5-4-6-21(25)26)24-22(27)23-14-16-8-10-19(28-2)20(12-16)29-3/h7-10,12-13H,4-6,11,14H2,1-3H3,(H2,23,24,27). The van der Waals surface area contributed by atoms with Gasteiger partial charge in [0.1, 0.15) is 0 Å². The molecule has 3 rings (SSSR count). The Labute approximate surface area is 171 Å². The van der Waals surface area contributed by atoms with Crippen molar-refractivity contribution in [1.82, 2.24) is 5.32 Å². The van der Waals surface area contributed by atoms with E-state index in [9.17, 15) is 9.59 Å². The Morgan fingerprint density at radius 3 is 2.59 bits per heavy atom. The molecule has 0 atom stereocenters. The molecule has 0 radical (unpaired) electrons. The summed E-state index contributed by atoms with van der Waals surface area (Å²) >= 11 is 0. The monoisotopic (exact) mass is 397 g/mol. The predicted molar refractivity (Wildman–Crippen MR) is 113 cm³/mol. The van der Waals surface area contributed by atoms with E-state index < -0.39 is 0 Å². The van der Waals surface area contributed by atoms with E-state index in [4.69, 9.17) is 9.47 Å². The van der Waals surface area contributed by atoms with Gasteiger partial charge in [0.25, 0.3) is 0 Å². The fraction of sp³-hybridized carbons (Fsp3) is 0.364. The zero-order chi connectivity index (χ0) is 20.8. The predicted octanol–water partition coefficient (Wildman–Crippen LogP) is 3.85. The highest BCUT2D eigenvalue weighted by Crippen LogP contribution is 2.28. The van der Waals surface area contributed by atoms with Crippen molar-refractivity contribution in [2.75, 3.05) is 31.0 Å². The second-order valence-corrected chi connectivity index (χ2v) is 7.00. The fourth-order valence-electron chi connectivity index (χ4n) is 3.39. The first-order valence-electron chi connectivity index (χ1n) is 9.68. The van der Waals surface area contributed by atoms with Gasteiger partial charge in [0.15, 0.2) is 11.5 Å². The van der Waals surface area contributed by atoms with E-state index in [1.54, 1.807) is 20.3 Å². The number of hydrogen-bond donors (Lipinski definition) is 2. The second-order valence-electron chi connectivity index (χ2n) is 7.00. The highest BCUT2D eigenvalue weighted by Gasteiger charge is 2.21. The number of amides is 3. The maximum Gasteiger partial charge on any atom is 0.319 e. The van der Waals surface area contributed by atoms with E-state index >= 15 is 0 Å². The van der Waals surface area contributed by atoms with E-state index in [-0.39, 0.29) is 11.9 Å². The molecule has 1 aliphatic heterocycles. The lowest BCUT2D eigenvalue weighted by Crippen LogP contribution is -2.35. The SMILES string of the molecule is COc1ccc(CNC(=O)Nc2ccc(C)c(N3CCCCC3=O)c2)cc1OC. The zero-order valence-corrected chi connectivity index (χ0v) is 17.1. The van der Waals surface area contributed by atoms with Gasteiger partial charge in [-0.3, -0.25) is 4.79 Å². The molecular formula is C22H27N3O4. The van der Waals surface area contributed by atoms with Gasteiger partial charge in [-0.15, -0.1) is 0 Å². The van der Waals surface area contributed by atoms with Gasteiger partial charge in [-0.2, -0.15) is 0 Å². The van der Waals surface area contributed by atoms with Crippen molar-refractivity contribution < 1.29 is 19.1 Å². The summed E-state index contributed by atoms with van der Waals surface area (Å²) in [6.45, 7) is 3.03. The number of ether oxygens (including phenoxy) is 2. The average molecular weight is 397 g/mol. The van der Waals surface area contributed by atoms with Crippen LogP contribution < -0.4 is 25.0 Å². The van der Waals surface area contributed by atoms with Crippen molar-refractivity contribution in [2.24, 2.45) is 0 Å². The molecule has 7 heteroatoms. The average Bonchev–Trinajstić information content (AvgIpc) is 2.74. The van der Waals surface area contributed by atoms with Gasteiger partial charge in [-0.1, -0.05) is 12.1 Å². The highest BCUT2D eigenvalue weighted by molar-refractivity contribution is 5.96. The molecule has 154 valence electrons. The number of rotatable bonds is 6. The van der Waals surface area contributed by atoms with Crippen LogP contribution in [0.2, 0.25) is 0 Å². The molecule has 3 amide bonds. The van der Waals surface area contributed by atoms with Gasteiger partial charge in [-0.05, 0) is 55.2 Å². The Bertz CT molecular complexity index is 898. The molecule has 1 fully saturated rings. The molecule has 1 heterocycles. The molecule has 0 aliphatic carbocycles. The Morgan fingerprint density at radius 1 is 1.07 bits per heavy atom. The van der Waals surface area contributed by atoms with Crippen molar-refractivity contribution in [3.05, 3.63) is 47.5 Å². The van der Waals surface area contributed by atoms with Crippen molar-refractivity contribution in [3.63, 3.8) is 0 Å². The first kappa shape index (κ1) is 20.5. The van der Waals surface area contributed by atoms with Crippen LogP contribution in [0.1, 0.15) is 30.4 Å². The largest absolute Gasteiger partial charge is 0.493 e. The summed E-state index contributed by atoms with van der Waals surface area (Å²) in [5.74, 6) is 1.39. The van der Waals surface area contributed by atoms with Crippen molar-refractivity contribution >= 4 is 23.3 Å². The third-order valence-corrected chi connectivity index (χ3v) is 4.98. The van der Waals surface area contributed by atoms with Crippen LogP contribution in [0.5, 0.6) is 11.5 Å². The number of nitrogens with one attached hydrogen (secondary N) is 2. The van der Waals surface area contributed by atoms with Gasteiger partial charge in [0.2, 0.25) is 5.91 Å². The van der Waals surface area contributed by atoms with Crippen LogP contribution in [0, 0.1) is 6.92 Å². The number of carbonyl (C=O) groups excluding carboxylic acids is 2. The second kappa shape index (κ2) is 9.32. The minimum Gasteiger partial charge on any atom is -0.493 e. The van der Waals surface area contributed by atoms with E-state index in [1.807, 2.05) is 42.2 Å². The number of anilines is 2. The molecule has 2 N–H and O–H groups in total. The van der Waals surface area contributed by atoms with E-state index in [0.717, 1.165) is 29.7 Å². The van der Waals surface area contributed by atoms with Gasteiger partial charge in [0, 0.05) is 30.9 Å². The first-order chi connectivity index (χ1) is 14.0. The number of piperidine rings is 1. The Morgan fingerprint density at radius 2 is 1.86 bits per heavy atom. The van der Waals surface area contributed by atoms with Crippen molar-refractivity contribution in [1.29, 1.82) is 0 Å². The van der Waals surface area contributed by atoms with Crippen LogP contribution >= 0.6 is 0 Å². The number of benzene rings is 2. The molecule has 0 bridgehead atoms. The number of aryl methyl sites for hydroxylation is 1. The molecule has 2 aromatic carbocycles. The fourth-order valence-corrected chi connectivity index (χ4v) is 3.39. The maximum absolute atomic E-state index is 12.3. The molecule has 7 nitrogen and oxygen atoms in total. The molecular weight excluding hydrogens is 370 g/mol. The Hall–Kier alpha value is -3.22. The van der Waals surface area contributed by atoms with E-state index in [1.165, 1.54) is 0 Å². The lowest BCUT2D eigenvalue weighted by atomic mass is 10.1. The smallest absolute Gasteiger partial charge is 0.319 e. The number of nitrogens with zero attached hydrogens (tertiary/aromatic N) is 1. The van der Waals surface area contributed by atoms with Crippen LogP contribution in [0.3, 0.4) is 0 Å². The van der Waals surface area contributed by atoms with Gasteiger partial charge in [0.05, 0.1) is 14.2 Å². The van der Waals surface area contributed by atoms with Gasteiger partial charge >= 0.3 is 6.03 Å². The maximum atomic E-state index is 12.3. The van der Waals surface area contributed by atoms with E-state index in [0.29, 0.717) is 36.7 Å². The third kappa shape index (κ3) is 4.99. The summed E-state index contributed by atoms with van der Waals surface area (Å²) in [4.78, 5) is 26.4.